The topological polar surface area (TPSA) is 12.0 Å². The molecule has 1 aliphatic carbocycles. The summed E-state index contributed by atoms with van der Waals surface area (Å²) in [5.41, 5.74) is 0. The minimum absolute atomic E-state index is 0.802. The summed E-state index contributed by atoms with van der Waals surface area (Å²) in [6.45, 7) is 4.65. The average Bonchev–Trinajstić information content (AvgIpc) is 2.64. The Morgan fingerprint density at radius 3 is 2.29 bits per heavy atom. The molecule has 14 heavy (non-hydrogen) atoms. The minimum Gasteiger partial charge on any atom is -0.317 e. The van der Waals surface area contributed by atoms with Crippen LogP contribution in [0.1, 0.15) is 58.8 Å². The van der Waals surface area contributed by atoms with Crippen molar-refractivity contribution in [1.82, 2.24) is 5.32 Å². The van der Waals surface area contributed by atoms with E-state index < -0.39 is 0 Å². The smallest absolute Gasteiger partial charge is 0.00923 e. The number of hydrogen-bond acceptors (Lipinski definition) is 1. The summed E-state index contributed by atoms with van der Waals surface area (Å²) in [5.74, 6) is 1.85. The van der Waals surface area contributed by atoms with E-state index in [0.717, 1.165) is 17.9 Å². The van der Waals surface area contributed by atoms with E-state index in [-0.39, 0.29) is 0 Å². The van der Waals surface area contributed by atoms with Crippen LogP contribution >= 0.6 is 0 Å². The van der Waals surface area contributed by atoms with Crippen LogP contribution in [0.3, 0.4) is 0 Å². The second-order valence-corrected chi connectivity index (χ2v) is 5.26. The van der Waals surface area contributed by atoms with Gasteiger partial charge in [-0.15, -0.1) is 0 Å². The van der Waals surface area contributed by atoms with E-state index in [9.17, 15) is 0 Å². The van der Waals surface area contributed by atoms with Gasteiger partial charge in [0.25, 0.3) is 0 Å². The Kier molecular flexibility index (Phi) is 5.54. The van der Waals surface area contributed by atoms with E-state index in [1.165, 1.54) is 44.9 Å². The zero-order valence-electron chi connectivity index (χ0n) is 10.2. The lowest BCUT2D eigenvalue weighted by atomic mass is 9.92. The first-order valence-electron chi connectivity index (χ1n) is 6.41. The molecule has 0 heterocycles. The van der Waals surface area contributed by atoms with Crippen LogP contribution in [0.25, 0.3) is 0 Å². The molecular formula is C13H27N. The number of nitrogens with one attached hydrogen (secondary N) is 1. The summed E-state index contributed by atoms with van der Waals surface area (Å²) in [4.78, 5) is 0. The molecule has 84 valence electrons. The highest BCUT2D eigenvalue weighted by molar-refractivity contribution is 4.79. The molecule has 0 aliphatic heterocycles. The molecule has 0 amide bonds. The molecule has 0 saturated heterocycles. The van der Waals surface area contributed by atoms with E-state index in [0.29, 0.717) is 0 Å². The van der Waals surface area contributed by atoms with Gasteiger partial charge in [0, 0.05) is 6.04 Å². The maximum absolute atomic E-state index is 3.52. The molecule has 0 aromatic carbocycles. The fraction of sp³-hybridized carbons (Fsp3) is 1.00. The Bertz CT molecular complexity index is 136. The lowest BCUT2D eigenvalue weighted by Gasteiger charge is -2.23. The molecule has 1 atom stereocenters. The predicted molar refractivity (Wildman–Crippen MR) is 63.5 cm³/mol. The molecule has 0 aromatic heterocycles. The van der Waals surface area contributed by atoms with Crippen LogP contribution in [0.5, 0.6) is 0 Å². The van der Waals surface area contributed by atoms with Crippen molar-refractivity contribution in [3.05, 3.63) is 0 Å². The normalized spacial score (nSPS) is 20.6. The summed E-state index contributed by atoms with van der Waals surface area (Å²) in [7, 11) is 2.14. The monoisotopic (exact) mass is 197 g/mol. The summed E-state index contributed by atoms with van der Waals surface area (Å²) in [5, 5.41) is 3.52. The van der Waals surface area contributed by atoms with Crippen LogP contribution in [0.4, 0.5) is 0 Å². The van der Waals surface area contributed by atoms with Gasteiger partial charge >= 0.3 is 0 Å². The summed E-state index contributed by atoms with van der Waals surface area (Å²) in [6, 6.07) is 0.802. The third-order valence-electron chi connectivity index (χ3n) is 3.64. The van der Waals surface area contributed by atoms with Crippen molar-refractivity contribution in [2.45, 2.75) is 64.8 Å². The van der Waals surface area contributed by atoms with Crippen LogP contribution in [0, 0.1) is 11.8 Å². The lowest BCUT2D eigenvalue weighted by Crippen LogP contribution is -2.32. The molecule has 1 nitrogen and oxygen atoms in total. The van der Waals surface area contributed by atoms with Gasteiger partial charge in [0.2, 0.25) is 0 Å². The van der Waals surface area contributed by atoms with Crippen molar-refractivity contribution in [3.8, 4) is 0 Å². The average molecular weight is 197 g/mol. The van der Waals surface area contributed by atoms with Crippen molar-refractivity contribution in [2.75, 3.05) is 7.05 Å². The SMILES string of the molecule is CNC(CCCC(C)C)C1CCCC1. The Hall–Kier alpha value is -0.0400. The first-order valence-corrected chi connectivity index (χ1v) is 6.41. The van der Waals surface area contributed by atoms with Crippen LogP contribution < -0.4 is 5.32 Å². The van der Waals surface area contributed by atoms with Crippen LogP contribution in [-0.4, -0.2) is 13.1 Å². The first kappa shape index (κ1) is 12.0. The van der Waals surface area contributed by atoms with Crippen molar-refractivity contribution < 1.29 is 0 Å². The molecule has 1 fully saturated rings. The summed E-state index contributed by atoms with van der Waals surface area (Å²) >= 11 is 0. The molecule has 1 unspecified atom stereocenters. The predicted octanol–water partition coefficient (Wildman–Crippen LogP) is 3.59. The number of hydrogen-bond donors (Lipinski definition) is 1. The van der Waals surface area contributed by atoms with Crippen molar-refractivity contribution in [1.29, 1.82) is 0 Å². The van der Waals surface area contributed by atoms with E-state index in [2.05, 4.69) is 26.2 Å². The highest BCUT2D eigenvalue weighted by atomic mass is 14.9. The molecule has 1 rings (SSSR count). The molecule has 1 aliphatic rings. The second kappa shape index (κ2) is 6.44. The van der Waals surface area contributed by atoms with Gasteiger partial charge in [0.1, 0.15) is 0 Å². The zero-order valence-corrected chi connectivity index (χ0v) is 10.2. The van der Waals surface area contributed by atoms with Crippen LogP contribution in [-0.2, 0) is 0 Å². The standard InChI is InChI=1S/C13H27N/c1-11(2)7-6-10-13(14-3)12-8-4-5-9-12/h11-14H,4-10H2,1-3H3. The molecule has 0 radical (unpaired) electrons. The van der Waals surface area contributed by atoms with Gasteiger partial charge < -0.3 is 5.32 Å². The summed E-state index contributed by atoms with van der Waals surface area (Å²) in [6.07, 6.45) is 10.0. The molecule has 0 bridgehead atoms. The second-order valence-electron chi connectivity index (χ2n) is 5.26. The Balaban J connectivity index is 2.17. The quantitative estimate of drug-likeness (QED) is 0.686. The van der Waals surface area contributed by atoms with E-state index in [1.54, 1.807) is 0 Å². The Labute approximate surface area is 89.7 Å². The van der Waals surface area contributed by atoms with E-state index in [4.69, 9.17) is 0 Å². The van der Waals surface area contributed by atoms with Crippen LogP contribution in [0.15, 0.2) is 0 Å². The molecule has 1 heteroatoms. The van der Waals surface area contributed by atoms with Gasteiger partial charge in [-0.1, -0.05) is 39.5 Å². The zero-order chi connectivity index (χ0) is 10.4. The van der Waals surface area contributed by atoms with Crippen molar-refractivity contribution in [2.24, 2.45) is 11.8 Å². The lowest BCUT2D eigenvalue weighted by molar-refractivity contribution is 0.342. The van der Waals surface area contributed by atoms with Crippen LogP contribution in [0.2, 0.25) is 0 Å². The Morgan fingerprint density at radius 2 is 1.79 bits per heavy atom. The fourth-order valence-corrected chi connectivity index (χ4v) is 2.72. The molecule has 0 aromatic rings. The van der Waals surface area contributed by atoms with Gasteiger partial charge in [-0.2, -0.15) is 0 Å². The highest BCUT2D eigenvalue weighted by Gasteiger charge is 2.22. The van der Waals surface area contributed by atoms with Gasteiger partial charge in [0.15, 0.2) is 0 Å². The van der Waals surface area contributed by atoms with Crippen molar-refractivity contribution >= 4 is 0 Å². The van der Waals surface area contributed by atoms with Crippen molar-refractivity contribution in [3.63, 3.8) is 0 Å². The third-order valence-corrected chi connectivity index (χ3v) is 3.64. The van der Waals surface area contributed by atoms with Gasteiger partial charge in [-0.25, -0.2) is 0 Å². The largest absolute Gasteiger partial charge is 0.317 e. The first-order chi connectivity index (χ1) is 6.74. The fourth-order valence-electron chi connectivity index (χ4n) is 2.72. The highest BCUT2D eigenvalue weighted by Crippen LogP contribution is 2.29. The molecular weight excluding hydrogens is 170 g/mol. The van der Waals surface area contributed by atoms with E-state index >= 15 is 0 Å². The molecule has 1 N–H and O–H groups in total. The molecule has 1 saturated carbocycles. The van der Waals surface area contributed by atoms with E-state index in [1.807, 2.05) is 0 Å². The minimum atomic E-state index is 0.802. The van der Waals surface area contributed by atoms with Gasteiger partial charge in [-0.3, -0.25) is 0 Å². The third kappa shape index (κ3) is 4.00. The maximum Gasteiger partial charge on any atom is 0.00923 e. The summed E-state index contributed by atoms with van der Waals surface area (Å²) < 4.78 is 0. The number of rotatable bonds is 6. The van der Waals surface area contributed by atoms with Gasteiger partial charge in [0.05, 0.1) is 0 Å². The van der Waals surface area contributed by atoms with Gasteiger partial charge in [-0.05, 0) is 38.1 Å². The Morgan fingerprint density at radius 1 is 1.14 bits per heavy atom. The molecule has 0 spiro atoms. The maximum atomic E-state index is 3.52.